The van der Waals surface area contributed by atoms with Crippen LogP contribution < -0.4 is 0 Å². The Kier molecular flexibility index (Phi) is 121. The summed E-state index contributed by atoms with van der Waals surface area (Å²) in [5.74, 6) is 0.822. The number of rotatable bonds is 0. The van der Waals surface area contributed by atoms with E-state index in [2.05, 4.69) is 136 Å². The molecule has 0 aliphatic carbocycles. The monoisotopic (exact) mass is 1530 g/mol. The van der Waals surface area contributed by atoms with Crippen LogP contribution in [-0.2, 0) is 14.1 Å². The third-order valence-electron chi connectivity index (χ3n) is 9.25. The Labute approximate surface area is 662 Å². The van der Waals surface area contributed by atoms with Gasteiger partial charge in [-0.05, 0) is 161 Å². The van der Waals surface area contributed by atoms with Gasteiger partial charge in [0.2, 0.25) is 0 Å². The topological polar surface area (TPSA) is 328 Å². The van der Waals surface area contributed by atoms with Crippen LogP contribution in [0.2, 0.25) is 0 Å². The summed E-state index contributed by atoms with van der Waals surface area (Å²) in [6.07, 6.45) is 29.2. The van der Waals surface area contributed by atoms with Crippen LogP contribution in [-0.4, -0.2) is 132 Å². The molecule has 13 heterocycles. The second kappa shape index (κ2) is 108. The molecule has 0 aromatic carbocycles. The van der Waals surface area contributed by atoms with E-state index in [-0.39, 0.29) is 0 Å². The maximum atomic E-state index is 4.03. The third kappa shape index (κ3) is 99.8. The molecule has 606 valence electrons. The number of H-pyrrole nitrogens is 3. The summed E-state index contributed by atoms with van der Waals surface area (Å²) in [5, 5.41) is 58.2. The van der Waals surface area contributed by atoms with E-state index >= 15 is 0 Å². The Balaban J connectivity index is -0.000000103. The van der Waals surface area contributed by atoms with Crippen LogP contribution in [0.25, 0.3) is 0 Å². The van der Waals surface area contributed by atoms with Crippen molar-refractivity contribution in [3.05, 3.63) is 255 Å². The van der Waals surface area contributed by atoms with Gasteiger partial charge in [0.25, 0.3) is 0 Å². The van der Waals surface area contributed by atoms with Crippen molar-refractivity contribution >= 4 is 22.7 Å². The zero-order valence-electron chi connectivity index (χ0n) is 73.4. The van der Waals surface area contributed by atoms with E-state index in [0.29, 0.717) is 0 Å². The lowest BCUT2D eigenvalue weighted by Gasteiger charge is -1.82. The maximum absolute atomic E-state index is 4.03. The number of aromatic amines is 3. The Morgan fingerprint density at radius 2 is 0.722 bits per heavy atom. The van der Waals surface area contributed by atoms with E-state index in [4.69, 9.17) is 0 Å². The molecule has 0 radical (unpaired) electrons. The highest BCUT2D eigenvalue weighted by Gasteiger charge is 1.90. The summed E-state index contributed by atoms with van der Waals surface area (Å²) in [6.45, 7) is 69.6. The first-order valence-corrected chi connectivity index (χ1v) is 38.8. The van der Waals surface area contributed by atoms with Crippen molar-refractivity contribution in [1.29, 1.82) is 0 Å². The lowest BCUT2D eigenvalue weighted by atomic mass is 10.3. The molecule has 13 rings (SSSR count). The van der Waals surface area contributed by atoms with Crippen molar-refractivity contribution in [1.82, 2.24) is 132 Å². The van der Waals surface area contributed by atoms with Gasteiger partial charge in [0.05, 0.1) is 88.6 Å². The molecule has 0 unspecified atom stereocenters. The van der Waals surface area contributed by atoms with Gasteiger partial charge in [-0.3, -0.25) is 19.6 Å². The van der Waals surface area contributed by atoms with Gasteiger partial charge in [0.1, 0.15) is 5.82 Å². The molecule has 0 amide bonds. The molecular formula is C80H144N26S2. The number of pyridine rings is 3. The molecular weight excluding hydrogens is 1390 g/mol. The molecule has 0 bridgehead atoms. The van der Waals surface area contributed by atoms with Gasteiger partial charge in [-0.2, -0.15) is 81.6 Å². The summed E-state index contributed by atoms with van der Waals surface area (Å²) in [4.78, 5) is 31.7. The van der Waals surface area contributed by atoms with E-state index in [0.717, 1.165) is 51.2 Å². The molecule has 0 aliphatic rings. The molecule has 108 heavy (non-hydrogen) atoms. The van der Waals surface area contributed by atoms with Gasteiger partial charge in [-0.25, -0.2) is 19.9 Å². The fraction of sp³-hybridized carbons (Fsp3) is 0.463. The summed E-state index contributed by atoms with van der Waals surface area (Å²) in [6, 6.07) is 21.2. The fourth-order valence-electron chi connectivity index (χ4n) is 4.48. The van der Waals surface area contributed by atoms with Gasteiger partial charge in [-0.15, -0.1) is 27.8 Å². The molecule has 13 aromatic rings. The summed E-state index contributed by atoms with van der Waals surface area (Å²) < 4.78 is 1.64. The van der Waals surface area contributed by atoms with Crippen molar-refractivity contribution in [2.24, 2.45) is 14.1 Å². The summed E-state index contributed by atoms with van der Waals surface area (Å²) >= 11 is 3.39. The number of nitrogens with zero attached hydrogens (tertiary/aromatic N) is 23. The van der Waals surface area contributed by atoms with E-state index in [1.807, 2.05) is 313 Å². The molecule has 0 aliphatic heterocycles. The number of aryl methyl sites for hydroxylation is 15. The van der Waals surface area contributed by atoms with Crippen LogP contribution in [0.1, 0.15) is 224 Å². The highest BCUT2D eigenvalue weighted by atomic mass is 32.1. The second-order valence-electron chi connectivity index (χ2n) is 17.0. The van der Waals surface area contributed by atoms with Crippen LogP contribution in [0.15, 0.2) is 183 Å². The first kappa shape index (κ1) is 121. The molecule has 0 fully saturated rings. The van der Waals surface area contributed by atoms with Gasteiger partial charge < -0.3 is 0 Å². The fourth-order valence-corrected chi connectivity index (χ4v) is 5.66. The SMILES string of the molecule is CC.CC.CC.CC.CC.CC.CC.CC.CC.CC.CC.Cc1ccccn1.Cc1cccnc1.Cc1cccnn1.Cc1ccncc1.Cc1ccnnc1.Cc1cn[nH]n1.Cc1cn[nH]n1.Cc1cn[nH]n1.Cc1ncccn1.Cc1ncsc1C.Cc1ncsc1C.Cn1ccnn1.Cn1nccn1. The van der Waals surface area contributed by atoms with Gasteiger partial charge in [0, 0.05) is 91.5 Å². The lowest BCUT2D eigenvalue weighted by molar-refractivity contribution is 0.654. The average molecular weight is 1530 g/mol. The molecule has 0 saturated carbocycles. The second-order valence-corrected chi connectivity index (χ2v) is 19.1. The Bertz CT molecular complexity index is 2860. The third-order valence-corrected chi connectivity index (χ3v) is 11.0. The molecule has 13 aromatic heterocycles. The minimum Gasteiger partial charge on any atom is -0.265 e. The van der Waals surface area contributed by atoms with Gasteiger partial charge >= 0.3 is 0 Å². The van der Waals surface area contributed by atoms with Crippen molar-refractivity contribution in [2.45, 2.75) is 242 Å². The average Bonchev–Trinajstić information content (AvgIpc) is 1.83. The predicted molar refractivity (Wildman–Crippen MR) is 461 cm³/mol. The Hall–Kier alpha value is -10.4. The van der Waals surface area contributed by atoms with Crippen LogP contribution in [0.5, 0.6) is 0 Å². The normalized spacial score (nSPS) is 7.68. The van der Waals surface area contributed by atoms with E-state index in [1.54, 1.807) is 140 Å². The van der Waals surface area contributed by atoms with Crippen LogP contribution in [0, 0.1) is 90.0 Å². The molecule has 26 nitrogen and oxygen atoms in total. The zero-order chi connectivity index (χ0) is 85.3. The van der Waals surface area contributed by atoms with Crippen molar-refractivity contribution < 1.29 is 0 Å². The number of nitrogens with one attached hydrogen (secondary N) is 3. The molecule has 0 atom stereocenters. The molecule has 3 N–H and O–H groups in total. The van der Waals surface area contributed by atoms with Crippen molar-refractivity contribution in [3.8, 4) is 0 Å². The van der Waals surface area contributed by atoms with E-state index in [1.165, 1.54) is 25.7 Å². The molecule has 28 heteroatoms. The minimum atomic E-state index is 0.822. The highest BCUT2D eigenvalue weighted by molar-refractivity contribution is 7.09. The largest absolute Gasteiger partial charge is 0.265 e. The Morgan fingerprint density at radius 3 is 0.870 bits per heavy atom. The van der Waals surface area contributed by atoms with Crippen LogP contribution >= 0.6 is 22.7 Å². The highest BCUT2D eigenvalue weighted by Crippen LogP contribution is 2.08. The molecule has 0 spiro atoms. The number of aromatic nitrogens is 26. The van der Waals surface area contributed by atoms with Gasteiger partial charge in [-0.1, -0.05) is 170 Å². The zero-order valence-corrected chi connectivity index (χ0v) is 75.1. The Morgan fingerprint density at radius 1 is 0.306 bits per heavy atom. The molecule has 0 saturated heterocycles. The van der Waals surface area contributed by atoms with Crippen LogP contribution in [0.4, 0.5) is 0 Å². The lowest BCUT2D eigenvalue weighted by Crippen LogP contribution is -1.89. The number of thiazole rings is 2. The van der Waals surface area contributed by atoms with Gasteiger partial charge in [0.15, 0.2) is 0 Å². The predicted octanol–water partition coefficient (Wildman–Crippen LogP) is 21.3. The van der Waals surface area contributed by atoms with Crippen molar-refractivity contribution in [3.63, 3.8) is 0 Å². The van der Waals surface area contributed by atoms with E-state index < -0.39 is 0 Å². The quantitative estimate of drug-likeness (QED) is 0.127. The first-order chi connectivity index (χ1) is 52.4. The number of hydrogen-bond acceptors (Lipinski definition) is 23. The first-order valence-electron chi connectivity index (χ1n) is 37.1. The smallest absolute Gasteiger partial charge is 0.125 e. The van der Waals surface area contributed by atoms with E-state index in [9.17, 15) is 0 Å². The maximum Gasteiger partial charge on any atom is 0.125 e. The summed E-state index contributed by atoms with van der Waals surface area (Å²) in [7, 11) is 3.60. The van der Waals surface area contributed by atoms with Crippen LogP contribution in [0.3, 0.4) is 0 Å². The number of hydrogen-bond donors (Lipinski definition) is 3. The minimum absolute atomic E-state index is 0.822. The van der Waals surface area contributed by atoms with Crippen molar-refractivity contribution in [2.75, 3.05) is 0 Å². The standard InChI is InChI=1S/3C6H7N.3C5H6N2.2C5H7NS.5C3H5N3.11C2H6/c1-6-2-4-7-5-3-6;1-6-3-2-4-7-5-6;1-6-4-2-3-5-7-6;1-5-2-3-6-7-4-5;1-5-6-3-2-4-7-5;1-5-3-2-4-6-7-5;2*1-4-5(2)7-3-6-4;1-6-3-2-4-5-6;1-6-4-2-3-5-6;3*1-3-2-4-6-5-3;11*1-2/h3*2-5H,1H3;3*2-4H,1H3;2*3H,1-2H3;2*2-3H,1H3;3*2H,1H3,(H,4,5,6);11*1-2H3. The summed E-state index contributed by atoms with van der Waals surface area (Å²) in [5.41, 5.74) is 14.5.